The van der Waals surface area contributed by atoms with Gasteiger partial charge in [-0.15, -0.1) is 0 Å². The Labute approximate surface area is 56.3 Å². The molecule has 0 aliphatic rings. The molecule has 0 saturated carbocycles. The van der Waals surface area contributed by atoms with Gasteiger partial charge >= 0.3 is 6.18 Å². The third kappa shape index (κ3) is 4.58. The zero-order chi connectivity index (χ0) is 8.36. The van der Waals surface area contributed by atoms with Crippen LogP contribution in [0.3, 0.4) is 0 Å². The molecule has 0 aromatic carbocycles. The lowest BCUT2D eigenvalue weighted by Crippen LogP contribution is -2.28. The third-order valence-electron chi connectivity index (χ3n) is 0.885. The van der Waals surface area contributed by atoms with Crippen LogP contribution in [0.4, 0.5) is 13.2 Å². The molecule has 0 aliphatic carbocycles. The first-order chi connectivity index (χ1) is 4.33. The van der Waals surface area contributed by atoms with E-state index in [-0.39, 0.29) is 0 Å². The number of hydrogen-bond donors (Lipinski definition) is 2. The van der Waals surface area contributed by atoms with E-state index < -0.39 is 24.8 Å². The highest BCUT2D eigenvalue weighted by molar-refractivity contribution is 4.71. The molecule has 2 N–H and O–H groups in total. The minimum atomic E-state index is -4.45. The van der Waals surface area contributed by atoms with E-state index in [9.17, 15) is 13.2 Å². The predicted octanol–water partition coefficient (Wildman–Crippen LogP) is 0.495. The van der Waals surface area contributed by atoms with Gasteiger partial charge in [0.25, 0.3) is 0 Å². The maximum atomic E-state index is 11.4. The SMILES string of the molecule is [CH2]C(O)C(O)CC(F)(F)F. The van der Waals surface area contributed by atoms with Crippen LogP contribution in [0.2, 0.25) is 0 Å². The lowest BCUT2D eigenvalue weighted by Gasteiger charge is -2.14. The molecule has 0 spiro atoms. The summed E-state index contributed by atoms with van der Waals surface area (Å²) in [7, 11) is 0. The van der Waals surface area contributed by atoms with Crippen molar-refractivity contribution in [3.05, 3.63) is 6.92 Å². The first-order valence-corrected chi connectivity index (χ1v) is 2.59. The fourth-order valence-electron chi connectivity index (χ4n) is 0.373. The maximum absolute atomic E-state index is 11.4. The zero-order valence-corrected chi connectivity index (χ0v) is 5.10. The maximum Gasteiger partial charge on any atom is 0.391 e. The van der Waals surface area contributed by atoms with Gasteiger partial charge in [-0.1, -0.05) is 0 Å². The van der Waals surface area contributed by atoms with Crippen molar-refractivity contribution in [3.8, 4) is 0 Å². The lowest BCUT2D eigenvalue weighted by molar-refractivity contribution is -0.162. The molecule has 0 rings (SSSR count). The molecule has 0 aliphatic heterocycles. The molecule has 61 valence electrons. The van der Waals surface area contributed by atoms with E-state index in [1.165, 1.54) is 0 Å². The first kappa shape index (κ1) is 9.71. The molecule has 10 heavy (non-hydrogen) atoms. The van der Waals surface area contributed by atoms with Gasteiger partial charge < -0.3 is 10.2 Å². The molecule has 0 aromatic rings. The van der Waals surface area contributed by atoms with Gasteiger partial charge in [0, 0.05) is 0 Å². The van der Waals surface area contributed by atoms with Crippen LogP contribution >= 0.6 is 0 Å². The van der Waals surface area contributed by atoms with E-state index in [1.54, 1.807) is 0 Å². The molecule has 0 saturated heterocycles. The molecule has 0 fully saturated rings. The van der Waals surface area contributed by atoms with Crippen LogP contribution in [-0.2, 0) is 0 Å². The number of rotatable bonds is 2. The van der Waals surface area contributed by atoms with Crippen molar-refractivity contribution in [2.45, 2.75) is 24.8 Å². The molecule has 0 aromatic heterocycles. The highest BCUT2D eigenvalue weighted by Gasteiger charge is 2.32. The Morgan fingerprint density at radius 2 is 1.70 bits per heavy atom. The van der Waals surface area contributed by atoms with Crippen molar-refractivity contribution in [2.24, 2.45) is 0 Å². The van der Waals surface area contributed by atoms with Crippen LogP contribution in [0.15, 0.2) is 0 Å². The number of aliphatic hydroxyl groups is 2. The molecule has 1 radical (unpaired) electrons. The zero-order valence-electron chi connectivity index (χ0n) is 5.10. The highest BCUT2D eigenvalue weighted by atomic mass is 19.4. The second-order valence-corrected chi connectivity index (χ2v) is 1.95. The van der Waals surface area contributed by atoms with Gasteiger partial charge in [-0.25, -0.2) is 0 Å². The van der Waals surface area contributed by atoms with Crippen molar-refractivity contribution >= 4 is 0 Å². The van der Waals surface area contributed by atoms with Crippen molar-refractivity contribution < 1.29 is 23.4 Å². The third-order valence-corrected chi connectivity index (χ3v) is 0.885. The van der Waals surface area contributed by atoms with E-state index in [2.05, 4.69) is 6.92 Å². The van der Waals surface area contributed by atoms with E-state index in [0.717, 1.165) is 0 Å². The number of halogens is 3. The quantitative estimate of drug-likeness (QED) is 0.612. The number of alkyl halides is 3. The second-order valence-electron chi connectivity index (χ2n) is 1.95. The Bertz CT molecular complexity index is 99.6. The average molecular weight is 157 g/mol. The van der Waals surface area contributed by atoms with Crippen molar-refractivity contribution in [1.29, 1.82) is 0 Å². The van der Waals surface area contributed by atoms with Gasteiger partial charge in [0.05, 0.1) is 18.6 Å². The van der Waals surface area contributed by atoms with Gasteiger partial charge in [-0.3, -0.25) is 0 Å². The van der Waals surface area contributed by atoms with E-state index in [0.29, 0.717) is 0 Å². The van der Waals surface area contributed by atoms with Gasteiger partial charge in [-0.05, 0) is 6.92 Å². The standard InChI is InChI=1S/C5H8F3O2/c1-3(9)4(10)2-5(6,7)8/h3-4,9-10H,1-2H2. The summed E-state index contributed by atoms with van der Waals surface area (Å²) >= 11 is 0. The van der Waals surface area contributed by atoms with Crippen LogP contribution in [0.1, 0.15) is 6.42 Å². The Balaban J connectivity index is 3.68. The largest absolute Gasteiger partial charge is 0.391 e. The Kier molecular flexibility index (Phi) is 3.11. The molecular formula is C5H8F3O2. The Morgan fingerprint density at radius 3 is 1.80 bits per heavy atom. The molecule has 0 heterocycles. The summed E-state index contributed by atoms with van der Waals surface area (Å²) in [4.78, 5) is 0. The smallest absolute Gasteiger partial charge is 0.390 e. The minimum Gasteiger partial charge on any atom is -0.390 e. The van der Waals surface area contributed by atoms with Crippen molar-refractivity contribution in [3.63, 3.8) is 0 Å². The fourth-order valence-corrected chi connectivity index (χ4v) is 0.373. The summed E-state index contributed by atoms with van der Waals surface area (Å²) in [6.07, 6.45) is -9.27. The van der Waals surface area contributed by atoms with Crippen LogP contribution < -0.4 is 0 Å². The first-order valence-electron chi connectivity index (χ1n) is 2.59. The molecule has 0 amide bonds. The normalized spacial score (nSPS) is 18.6. The van der Waals surface area contributed by atoms with Crippen LogP contribution in [0.25, 0.3) is 0 Å². The molecule has 2 unspecified atom stereocenters. The summed E-state index contributed by atoms with van der Waals surface area (Å²) in [6.45, 7) is 2.83. The number of hydrogen-bond acceptors (Lipinski definition) is 2. The lowest BCUT2D eigenvalue weighted by atomic mass is 10.1. The molecular weight excluding hydrogens is 149 g/mol. The fraction of sp³-hybridized carbons (Fsp3) is 0.800. The topological polar surface area (TPSA) is 40.5 Å². The van der Waals surface area contributed by atoms with Gasteiger partial charge in [0.15, 0.2) is 0 Å². The van der Waals surface area contributed by atoms with Crippen LogP contribution in [-0.4, -0.2) is 28.6 Å². The van der Waals surface area contributed by atoms with Gasteiger partial charge in [-0.2, -0.15) is 13.2 Å². The summed E-state index contributed by atoms with van der Waals surface area (Å²) in [6, 6.07) is 0. The summed E-state index contributed by atoms with van der Waals surface area (Å²) < 4.78 is 34.1. The van der Waals surface area contributed by atoms with E-state index in [1.807, 2.05) is 0 Å². The van der Waals surface area contributed by atoms with Crippen LogP contribution in [0.5, 0.6) is 0 Å². The molecule has 2 atom stereocenters. The monoisotopic (exact) mass is 157 g/mol. The minimum absolute atomic E-state index is 1.42. The van der Waals surface area contributed by atoms with Gasteiger partial charge in [0.2, 0.25) is 0 Å². The average Bonchev–Trinajstić information content (AvgIpc) is 1.60. The summed E-state index contributed by atoms with van der Waals surface area (Å²) in [5, 5.41) is 16.8. The summed E-state index contributed by atoms with van der Waals surface area (Å²) in [5.41, 5.74) is 0. The second kappa shape index (κ2) is 3.21. The summed E-state index contributed by atoms with van der Waals surface area (Å²) in [5.74, 6) is 0. The van der Waals surface area contributed by atoms with E-state index >= 15 is 0 Å². The molecule has 0 bridgehead atoms. The molecule has 2 nitrogen and oxygen atoms in total. The molecule has 5 heteroatoms. The van der Waals surface area contributed by atoms with Crippen LogP contribution in [0, 0.1) is 6.92 Å². The van der Waals surface area contributed by atoms with Crippen molar-refractivity contribution in [1.82, 2.24) is 0 Å². The Hall–Kier alpha value is -0.290. The Morgan fingerprint density at radius 1 is 1.30 bits per heavy atom. The predicted molar refractivity (Wildman–Crippen MR) is 28.0 cm³/mol. The van der Waals surface area contributed by atoms with Gasteiger partial charge in [0.1, 0.15) is 0 Å². The van der Waals surface area contributed by atoms with E-state index in [4.69, 9.17) is 10.2 Å². The highest BCUT2D eigenvalue weighted by Crippen LogP contribution is 2.22. The number of aliphatic hydroxyl groups excluding tert-OH is 2. The van der Waals surface area contributed by atoms with Crippen molar-refractivity contribution in [2.75, 3.05) is 0 Å².